The average Bonchev–Trinajstić information content (AvgIpc) is 2.37. The Kier molecular flexibility index (Phi) is 3.56. The fraction of sp³-hybridized carbons (Fsp3) is 0.250. The van der Waals surface area contributed by atoms with Crippen molar-refractivity contribution in [2.24, 2.45) is 10.2 Å². The van der Waals surface area contributed by atoms with Gasteiger partial charge in [-0.2, -0.15) is 5.11 Å². The van der Waals surface area contributed by atoms with Crippen molar-refractivity contribution in [2.75, 3.05) is 0 Å². The first-order chi connectivity index (χ1) is 8.59. The number of rotatable bonds is 2. The number of hydrogen-bond donors (Lipinski definition) is 0. The summed E-state index contributed by atoms with van der Waals surface area (Å²) in [5, 5.41) is 8.70. The van der Waals surface area contributed by atoms with Gasteiger partial charge in [0.25, 0.3) is 0 Å². The molecule has 2 nitrogen and oxygen atoms in total. The van der Waals surface area contributed by atoms with Gasteiger partial charge in [-0.1, -0.05) is 24.3 Å². The normalized spacial score (nSPS) is 11.1. The SMILES string of the molecule is Cc1cc(C)c(N=Nc2ccccc2)c(C)c1C. The molecule has 0 saturated heterocycles. The minimum absolute atomic E-state index is 0.884. The smallest absolute Gasteiger partial charge is 0.0918 e. The van der Waals surface area contributed by atoms with Crippen molar-refractivity contribution in [3.05, 3.63) is 58.7 Å². The number of hydrogen-bond acceptors (Lipinski definition) is 2. The Morgan fingerprint density at radius 3 is 2.06 bits per heavy atom. The van der Waals surface area contributed by atoms with Crippen molar-refractivity contribution in [3.8, 4) is 0 Å². The topological polar surface area (TPSA) is 24.7 Å². The van der Waals surface area contributed by atoms with Gasteiger partial charge >= 0.3 is 0 Å². The van der Waals surface area contributed by atoms with E-state index in [0.717, 1.165) is 11.4 Å². The van der Waals surface area contributed by atoms with E-state index in [0.29, 0.717) is 0 Å². The molecule has 0 amide bonds. The molecule has 2 aromatic carbocycles. The highest BCUT2D eigenvalue weighted by atomic mass is 15.1. The molecular formula is C16H18N2. The van der Waals surface area contributed by atoms with E-state index in [2.05, 4.69) is 44.0 Å². The van der Waals surface area contributed by atoms with Crippen molar-refractivity contribution in [2.45, 2.75) is 27.7 Å². The largest absolute Gasteiger partial charge is 0.151 e. The maximum atomic E-state index is 4.40. The van der Waals surface area contributed by atoms with E-state index in [1.807, 2.05) is 30.3 Å². The Hall–Kier alpha value is -1.96. The standard InChI is InChI=1S/C16H18N2/c1-11-10-12(2)16(14(4)13(11)3)18-17-15-8-6-5-7-9-15/h5-10H,1-4H3. The van der Waals surface area contributed by atoms with Gasteiger partial charge in [0.1, 0.15) is 0 Å². The molecule has 0 unspecified atom stereocenters. The third-order valence-electron chi connectivity index (χ3n) is 3.34. The lowest BCUT2D eigenvalue weighted by molar-refractivity contribution is 1.15. The van der Waals surface area contributed by atoms with Crippen LogP contribution in [0.15, 0.2) is 46.6 Å². The third kappa shape index (κ3) is 2.48. The summed E-state index contributed by atoms with van der Waals surface area (Å²) in [6.07, 6.45) is 0. The van der Waals surface area contributed by atoms with Crippen LogP contribution in [0.5, 0.6) is 0 Å². The molecule has 0 bridgehead atoms. The lowest BCUT2D eigenvalue weighted by atomic mass is 9.99. The molecule has 0 aliphatic heterocycles. The number of aryl methyl sites for hydroxylation is 2. The fourth-order valence-corrected chi connectivity index (χ4v) is 2.03. The first-order valence-corrected chi connectivity index (χ1v) is 6.14. The second kappa shape index (κ2) is 5.13. The van der Waals surface area contributed by atoms with Crippen LogP contribution in [-0.2, 0) is 0 Å². The summed E-state index contributed by atoms with van der Waals surface area (Å²) in [7, 11) is 0. The molecule has 0 fully saturated rings. The quantitative estimate of drug-likeness (QED) is 0.631. The molecule has 0 heterocycles. The fourth-order valence-electron chi connectivity index (χ4n) is 2.03. The lowest BCUT2D eigenvalue weighted by Crippen LogP contribution is -1.89. The molecule has 0 aromatic heterocycles. The molecule has 2 heteroatoms. The van der Waals surface area contributed by atoms with Crippen LogP contribution < -0.4 is 0 Å². The number of nitrogens with zero attached hydrogens (tertiary/aromatic N) is 2. The van der Waals surface area contributed by atoms with Gasteiger partial charge in [0.2, 0.25) is 0 Å². The first-order valence-electron chi connectivity index (χ1n) is 6.14. The maximum Gasteiger partial charge on any atom is 0.0918 e. The molecule has 0 aliphatic rings. The van der Waals surface area contributed by atoms with Gasteiger partial charge < -0.3 is 0 Å². The molecule has 18 heavy (non-hydrogen) atoms. The van der Waals surface area contributed by atoms with Crippen molar-refractivity contribution >= 4 is 11.4 Å². The molecular weight excluding hydrogens is 220 g/mol. The van der Waals surface area contributed by atoms with Crippen LogP contribution in [0.1, 0.15) is 22.3 Å². The highest BCUT2D eigenvalue weighted by Gasteiger charge is 2.07. The van der Waals surface area contributed by atoms with E-state index in [-0.39, 0.29) is 0 Å². The van der Waals surface area contributed by atoms with Crippen LogP contribution in [0.3, 0.4) is 0 Å². The van der Waals surface area contributed by atoms with Crippen molar-refractivity contribution in [1.29, 1.82) is 0 Å². The lowest BCUT2D eigenvalue weighted by Gasteiger charge is -2.10. The zero-order valence-corrected chi connectivity index (χ0v) is 11.4. The van der Waals surface area contributed by atoms with Crippen molar-refractivity contribution in [3.63, 3.8) is 0 Å². The highest BCUT2D eigenvalue weighted by molar-refractivity contribution is 5.57. The van der Waals surface area contributed by atoms with Gasteiger partial charge in [0.05, 0.1) is 11.4 Å². The zero-order valence-electron chi connectivity index (χ0n) is 11.4. The van der Waals surface area contributed by atoms with Gasteiger partial charge in [-0.3, -0.25) is 0 Å². The second-order valence-electron chi connectivity index (χ2n) is 4.64. The minimum atomic E-state index is 0.884. The van der Waals surface area contributed by atoms with E-state index in [1.54, 1.807) is 0 Å². The molecule has 0 aliphatic carbocycles. The number of benzene rings is 2. The molecule has 2 aromatic rings. The third-order valence-corrected chi connectivity index (χ3v) is 3.34. The Morgan fingerprint density at radius 2 is 1.39 bits per heavy atom. The van der Waals surface area contributed by atoms with Gasteiger partial charge in [0.15, 0.2) is 0 Å². The second-order valence-corrected chi connectivity index (χ2v) is 4.64. The van der Waals surface area contributed by atoms with Gasteiger partial charge in [0, 0.05) is 0 Å². The predicted molar refractivity (Wildman–Crippen MR) is 76.0 cm³/mol. The molecule has 0 atom stereocenters. The van der Waals surface area contributed by atoms with Gasteiger partial charge in [-0.25, -0.2) is 0 Å². The molecule has 2 rings (SSSR count). The Balaban J connectivity index is 2.41. The van der Waals surface area contributed by atoms with Crippen LogP contribution in [-0.4, -0.2) is 0 Å². The van der Waals surface area contributed by atoms with Gasteiger partial charge in [-0.15, -0.1) is 5.11 Å². The highest BCUT2D eigenvalue weighted by Crippen LogP contribution is 2.30. The summed E-state index contributed by atoms with van der Waals surface area (Å²) in [5.41, 5.74) is 6.87. The van der Waals surface area contributed by atoms with Crippen molar-refractivity contribution in [1.82, 2.24) is 0 Å². The predicted octanol–water partition coefficient (Wildman–Crippen LogP) is 5.34. The summed E-state index contributed by atoms with van der Waals surface area (Å²) >= 11 is 0. The Morgan fingerprint density at radius 1 is 0.722 bits per heavy atom. The van der Waals surface area contributed by atoms with Crippen LogP contribution in [0, 0.1) is 27.7 Å². The van der Waals surface area contributed by atoms with E-state index in [4.69, 9.17) is 0 Å². The van der Waals surface area contributed by atoms with Crippen LogP contribution in [0.4, 0.5) is 11.4 Å². The maximum absolute atomic E-state index is 4.40. The summed E-state index contributed by atoms with van der Waals surface area (Å²) in [6.45, 7) is 8.45. The summed E-state index contributed by atoms with van der Waals surface area (Å²) < 4.78 is 0. The Labute approximate surface area is 108 Å². The minimum Gasteiger partial charge on any atom is -0.151 e. The van der Waals surface area contributed by atoms with Gasteiger partial charge in [-0.05, 0) is 62.1 Å². The monoisotopic (exact) mass is 238 g/mol. The summed E-state index contributed by atoms with van der Waals surface area (Å²) in [6, 6.07) is 12.0. The molecule has 92 valence electrons. The van der Waals surface area contributed by atoms with E-state index in [1.165, 1.54) is 22.3 Å². The first kappa shape index (κ1) is 12.5. The van der Waals surface area contributed by atoms with E-state index < -0.39 is 0 Å². The molecule has 0 N–H and O–H groups in total. The molecule has 0 spiro atoms. The van der Waals surface area contributed by atoms with E-state index >= 15 is 0 Å². The number of azo groups is 1. The van der Waals surface area contributed by atoms with Crippen LogP contribution in [0.25, 0.3) is 0 Å². The molecule has 0 saturated carbocycles. The van der Waals surface area contributed by atoms with Crippen LogP contribution >= 0.6 is 0 Å². The Bertz CT molecular complexity index is 584. The summed E-state index contributed by atoms with van der Waals surface area (Å²) in [4.78, 5) is 0. The molecule has 0 radical (unpaired) electrons. The van der Waals surface area contributed by atoms with Crippen LogP contribution in [0.2, 0.25) is 0 Å². The van der Waals surface area contributed by atoms with E-state index in [9.17, 15) is 0 Å². The average molecular weight is 238 g/mol. The van der Waals surface area contributed by atoms with Crippen molar-refractivity contribution < 1.29 is 0 Å². The zero-order chi connectivity index (χ0) is 13.1. The summed E-state index contributed by atoms with van der Waals surface area (Å²) in [5.74, 6) is 0.